The van der Waals surface area contributed by atoms with Crippen molar-refractivity contribution in [1.82, 2.24) is 15.2 Å². The summed E-state index contributed by atoms with van der Waals surface area (Å²) in [7, 11) is 0. The van der Waals surface area contributed by atoms with Crippen LogP contribution in [-0.4, -0.2) is 46.3 Å². The number of nitrogens with one attached hydrogen (secondary N) is 1. The number of hydrogen-bond donors (Lipinski definition) is 1. The van der Waals surface area contributed by atoms with Gasteiger partial charge in [0.05, 0.1) is 13.1 Å². The average Bonchev–Trinajstić information content (AvgIpc) is 3.41. The van der Waals surface area contributed by atoms with Gasteiger partial charge in [-0.1, -0.05) is 17.7 Å². The van der Waals surface area contributed by atoms with Crippen LogP contribution < -0.4 is 5.32 Å². The molecule has 0 saturated carbocycles. The lowest BCUT2D eigenvalue weighted by Gasteiger charge is -2.31. The van der Waals surface area contributed by atoms with E-state index < -0.39 is 23.6 Å². The molecule has 30 heavy (non-hydrogen) atoms. The van der Waals surface area contributed by atoms with E-state index in [0.717, 1.165) is 5.70 Å². The first-order valence-corrected chi connectivity index (χ1v) is 10.5. The first kappa shape index (κ1) is 19.2. The van der Waals surface area contributed by atoms with Crippen LogP contribution in [0.1, 0.15) is 30.0 Å². The highest BCUT2D eigenvalue weighted by Crippen LogP contribution is 2.46. The van der Waals surface area contributed by atoms with Gasteiger partial charge < -0.3 is 15.0 Å². The van der Waals surface area contributed by atoms with Gasteiger partial charge in [-0.2, -0.15) is 0 Å². The SMILES string of the molecule is CC(=O)C1=C2CC3(CNC(=O)O3)CN2C(c2nccs2)=N[C@H]1c1ccc(F)cc1Cl. The summed E-state index contributed by atoms with van der Waals surface area (Å²) in [4.78, 5) is 35.7. The van der Waals surface area contributed by atoms with Crippen molar-refractivity contribution in [3.05, 3.63) is 62.5 Å². The standard InChI is InChI=1S/C20H16ClFN4O3S/c1-10(27)15-14-7-20(8-24-19(28)29-20)9-26(14)17(18-23-4-5-30-18)25-16(15)12-3-2-11(22)6-13(12)21/h2-6,16H,7-9H2,1H3,(H,24,28)/t16-,20?/m0/s1. The molecule has 0 radical (unpaired) electrons. The van der Waals surface area contributed by atoms with Crippen LogP contribution in [-0.2, 0) is 9.53 Å². The molecular weight excluding hydrogens is 431 g/mol. The van der Waals surface area contributed by atoms with E-state index in [9.17, 15) is 14.0 Å². The van der Waals surface area contributed by atoms with E-state index in [-0.39, 0.29) is 10.8 Å². The van der Waals surface area contributed by atoms with Crippen molar-refractivity contribution in [2.75, 3.05) is 13.1 Å². The number of thiazole rings is 1. The first-order chi connectivity index (χ1) is 14.4. The number of carbonyl (C=O) groups excluding carboxylic acids is 2. The number of alkyl carbamates (subject to hydrolysis) is 1. The Labute approximate surface area is 180 Å². The van der Waals surface area contributed by atoms with Crippen molar-refractivity contribution in [3.63, 3.8) is 0 Å². The zero-order valence-corrected chi connectivity index (χ0v) is 17.4. The number of ketones is 1. The predicted molar refractivity (Wildman–Crippen MR) is 109 cm³/mol. The molecule has 2 atom stereocenters. The number of hydrogen-bond acceptors (Lipinski definition) is 7. The molecule has 5 rings (SSSR count). The Morgan fingerprint density at radius 3 is 2.93 bits per heavy atom. The number of fused-ring (bicyclic) bond motifs is 1. The van der Waals surface area contributed by atoms with Crippen molar-refractivity contribution >= 4 is 40.6 Å². The minimum absolute atomic E-state index is 0.170. The number of ether oxygens (including phenoxy) is 1. The third kappa shape index (κ3) is 3.00. The van der Waals surface area contributed by atoms with Crippen molar-refractivity contribution in [3.8, 4) is 0 Å². The number of aliphatic imine (C=N–C) groups is 1. The molecule has 4 heterocycles. The number of Topliss-reactive ketones (excluding diaryl/α,β-unsaturated/α-hetero) is 1. The van der Waals surface area contributed by atoms with Crippen molar-refractivity contribution in [1.29, 1.82) is 0 Å². The van der Waals surface area contributed by atoms with Gasteiger partial charge in [0, 0.05) is 39.9 Å². The molecule has 1 unspecified atom stereocenters. The van der Waals surface area contributed by atoms with Gasteiger partial charge in [0.2, 0.25) is 0 Å². The zero-order valence-electron chi connectivity index (χ0n) is 15.8. The topological polar surface area (TPSA) is 83.9 Å². The Morgan fingerprint density at radius 2 is 2.30 bits per heavy atom. The molecule has 1 spiro atoms. The zero-order chi connectivity index (χ0) is 21.0. The third-order valence-corrected chi connectivity index (χ3v) is 6.57. The molecule has 1 aromatic heterocycles. The largest absolute Gasteiger partial charge is 0.439 e. The fourth-order valence-electron chi connectivity index (χ4n) is 4.24. The quantitative estimate of drug-likeness (QED) is 0.780. The van der Waals surface area contributed by atoms with Crippen molar-refractivity contribution in [2.45, 2.75) is 25.0 Å². The van der Waals surface area contributed by atoms with Gasteiger partial charge in [0.1, 0.15) is 11.9 Å². The molecule has 1 amide bonds. The molecule has 3 aliphatic rings. The van der Waals surface area contributed by atoms with Gasteiger partial charge in [0.15, 0.2) is 22.2 Å². The van der Waals surface area contributed by atoms with Crippen LogP contribution in [0.4, 0.5) is 9.18 Å². The summed E-state index contributed by atoms with van der Waals surface area (Å²) in [6.45, 7) is 2.17. The van der Waals surface area contributed by atoms with Gasteiger partial charge in [-0.15, -0.1) is 11.3 Å². The van der Waals surface area contributed by atoms with Crippen LogP contribution >= 0.6 is 22.9 Å². The fourth-order valence-corrected chi connectivity index (χ4v) is 5.15. The number of amidine groups is 1. The lowest BCUT2D eigenvalue weighted by Crippen LogP contribution is -2.40. The van der Waals surface area contributed by atoms with Gasteiger partial charge in [-0.3, -0.25) is 9.79 Å². The van der Waals surface area contributed by atoms with Crippen LogP contribution in [0.25, 0.3) is 0 Å². The van der Waals surface area contributed by atoms with Crippen LogP contribution in [0.15, 0.2) is 46.0 Å². The fraction of sp³-hybridized carbons (Fsp3) is 0.300. The number of halogens is 2. The van der Waals surface area contributed by atoms with Crippen LogP contribution in [0, 0.1) is 5.82 Å². The van der Waals surface area contributed by atoms with Gasteiger partial charge in [-0.05, 0) is 19.1 Å². The number of aromatic nitrogens is 1. The van der Waals surface area contributed by atoms with E-state index in [4.69, 9.17) is 21.3 Å². The minimum Gasteiger partial charge on any atom is -0.439 e. The van der Waals surface area contributed by atoms with Gasteiger partial charge in [0.25, 0.3) is 0 Å². The monoisotopic (exact) mass is 446 g/mol. The Morgan fingerprint density at radius 1 is 1.47 bits per heavy atom. The number of nitrogens with zero attached hydrogens (tertiary/aromatic N) is 3. The Hall–Kier alpha value is -2.78. The third-order valence-electron chi connectivity index (χ3n) is 5.48. The Kier molecular flexibility index (Phi) is 4.41. The first-order valence-electron chi connectivity index (χ1n) is 9.28. The summed E-state index contributed by atoms with van der Waals surface area (Å²) < 4.78 is 19.2. The second-order valence-electron chi connectivity index (χ2n) is 7.46. The van der Waals surface area contributed by atoms with Crippen molar-refractivity contribution in [2.24, 2.45) is 4.99 Å². The van der Waals surface area contributed by atoms with E-state index in [0.29, 0.717) is 41.5 Å². The maximum Gasteiger partial charge on any atom is 0.407 e. The molecule has 0 bridgehead atoms. The van der Waals surface area contributed by atoms with Crippen LogP contribution in [0.5, 0.6) is 0 Å². The Bertz CT molecular complexity index is 1130. The molecule has 2 aromatic rings. The van der Waals surface area contributed by atoms with E-state index in [1.165, 1.54) is 30.4 Å². The smallest absolute Gasteiger partial charge is 0.407 e. The highest BCUT2D eigenvalue weighted by Gasteiger charge is 2.52. The predicted octanol–water partition coefficient (Wildman–Crippen LogP) is 3.46. The summed E-state index contributed by atoms with van der Waals surface area (Å²) in [5.74, 6) is -0.0574. The van der Waals surface area contributed by atoms with Crippen molar-refractivity contribution < 1.29 is 18.7 Å². The number of rotatable bonds is 3. The minimum atomic E-state index is -0.785. The summed E-state index contributed by atoms with van der Waals surface area (Å²) in [6, 6.07) is 3.35. The lowest BCUT2D eigenvalue weighted by molar-refractivity contribution is -0.114. The average molecular weight is 447 g/mol. The second kappa shape index (κ2) is 6.88. The maximum absolute atomic E-state index is 13.7. The van der Waals surface area contributed by atoms with Crippen LogP contribution in [0.2, 0.25) is 5.02 Å². The normalized spacial score (nSPS) is 25.3. The molecule has 2 saturated heterocycles. The van der Waals surface area contributed by atoms with E-state index in [2.05, 4.69) is 10.3 Å². The molecule has 154 valence electrons. The second-order valence-corrected chi connectivity index (χ2v) is 8.77. The maximum atomic E-state index is 13.7. The molecule has 1 N–H and O–H groups in total. The molecule has 0 aliphatic carbocycles. The van der Waals surface area contributed by atoms with E-state index in [1.807, 2.05) is 10.3 Å². The highest BCUT2D eigenvalue weighted by molar-refractivity contribution is 7.11. The Balaban J connectivity index is 1.70. The molecule has 2 fully saturated rings. The lowest BCUT2D eigenvalue weighted by atomic mass is 9.91. The summed E-state index contributed by atoms with van der Waals surface area (Å²) in [5.41, 5.74) is 0.937. The summed E-state index contributed by atoms with van der Waals surface area (Å²) >= 11 is 7.75. The molecular formula is C20H16ClFN4O3S. The van der Waals surface area contributed by atoms with Crippen LogP contribution in [0.3, 0.4) is 0 Å². The highest BCUT2D eigenvalue weighted by atomic mass is 35.5. The number of amides is 1. The molecule has 3 aliphatic heterocycles. The van der Waals surface area contributed by atoms with Gasteiger partial charge in [-0.25, -0.2) is 14.2 Å². The number of benzene rings is 1. The number of carbonyl (C=O) groups is 2. The van der Waals surface area contributed by atoms with E-state index >= 15 is 0 Å². The molecule has 1 aromatic carbocycles. The molecule has 10 heteroatoms. The van der Waals surface area contributed by atoms with Gasteiger partial charge >= 0.3 is 6.09 Å². The molecule has 7 nitrogen and oxygen atoms in total. The van der Waals surface area contributed by atoms with E-state index in [1.54, 1.807) is 12.3 Å². The summed E-state index contributed by atoms with van der Waals surface area (Å²) in [6.07, 6.45) is 1.56. The summed E-state index contributed by atoms with van der Waals surface area (Å²) in [5, 5.41) is 5.41.